The van der Waals surface area contributed by atoms with Crippen LogP contribution in [0.4, 0.5) is 0 Å². The zero-order valence-corrected chi connectivity index (χ0v) is 11.5. The minimum atomic E-state index is -0.738. The first-order valence-corrected chi connectivity index (χ1v) is 7.25. The molecule has 1 aromatic rings. The third-order valence-corrected chi connectivity index (χ3v) is 4.21. The van der Waals surface area contributed by atoms with Crippen molar-refractivity contribution in [1.82, 2.24) is 0 Å². The number of aliphatic carboxylic acids is 1. The van der Waals surface area contributed by atoms with Crippen molar-refractivity contribution in [1.29, 1.82) is 0 Å². The molecule has 0 amide bonds. The molecule has 1 N–H and O–H groups in total. The molecule has 1 aliphatic heterocycles. The number of rotatable bonds is 5. The van der Waals surface area contributed by atoms with E-state index in [1.807, 2.05) is 24.3 Å². The van der Waals surface area contributed by atoms with E-state index in [1.54, 1.807) is 0 Å². The smallest absolute Gasteiger partial charge is 0.304 e. The number of carboxylic acid groups (broad SMARTS) is 1. The highest BCUT2D eigenvalue weighted by Gasteiger charge is 2.47. The van der Waals surface area contributed by atoms with E-state index >= 15 is 0 Å². The summed E-state index contributed by atoms with van der Waals surface area (Å²) in [5, 5.41) is 9.10. The normalized spacial score (nSPS) is 24.1. The van der Waals surface area contributed by atoms with Crippen LogP contribution in [0.25, 0.3) is 0 Å². The SMILES string of the molecule is O=C(O)CC1(c2ccccc2OC2CCCOC2)CC1. The Morgan fingerprint density at radius 3 is 2.85 bits per heavy atom. The van der Waals surface area contributed by atoms with Gasteiger partial charge >= 0.3 is 5.97 Å². The van der Waals surface area contributed by atoms with E-state index in [0.29, 0.717) is 6.61 Å². The van der Waals surface area contributed by atoms with Gasteiger partial charge in [-0.25, -0.2) is 0 Å². The molecule has 1 aliphatic carbocycles. The van der Waals surface area contributed by atoms with Crippen molar-refractivity contribution in [2.24, 2.45) is 0 Å². The van der Waals surface area contributed by atoms with Gasteiger partial charge in [0, 0.05) is 17.6 Å². The summed E-state index contributed by atoms with van der Waals surface area (Å²) in [7, 11) is 0. The third kappa shape index (κ3) is 2.80. The molecule has 1 saturated heterocycles. The topological polar surface area (TPSA) is 55.8 Å². The van der Waals surface area contributed by atoms with Gasteiger partial charge in [0.05, 0.1) is 13.0 Å². The Balaban J connectivity index is 1.79. The maximum absolute atomic E-state index is 11.1. The van der Waals surface area contributed by atoms with Crippen LogP contribution in [0.3, 0.4) is 0 Å². The standard InChI is InChI=1S/C16H20O4/c17-15(18)10-16(7-8-16)13-5-1-2-6-14(13)20-12-4-3-9-19-11-12/h1-2,5-6,12H,3-4,7-11H2,(H,17,18). The van der Waals surface area contributed by atoms with Crippen molar-refractivity contribution in [2.45, 2.75) is 43.6 Å². The Morgan fingerprint density at radius 1 is 1.40 bits per heavy atom. The molecule has 1 aromatic carbocycles. The highest BCUT2D eigenvalue weighted by Crippen LogP contribution is 2.53. The van der Waals surface area contributed by atoms with Crippen molar-refractivity contribution in [3.05, 3.63) is 29.8 Å². The molecule has 108 valence electrons. The van der Waals surface area contributed by atoms with E-state index in [-0.39, 0.29) is 17.9 Å². The van der Waals surface area contributed by atoms with Gasteiger partial charge in [0.25, 0.3) is 0 Å². The van der Waals surface area contributed by atoms with E-state index < -0.39 is 5.97 Å². The minimum Gasteiger partial charge on any atom is -0.488 e. The highest BCUT2D eigenvalue weighted by atomic mass is 16.5. The van der Waals surface area contributed by atoms with Gasteiger partial charge in [-0.2, -0.15) is 0 Å². The van der Waals surface area contributed by atoms with Gasteiger partial charge < -0.3 is 14.6 Å². The number of benzene rings is 1. The molecule has 1 saturated carbocycles. The monoisotopic (exact) mass is 276 g/mol. The number of para-hydroxylation sites is 1. The van der Waals surface area contributed by atoms with Crippen LogP contribution in [0.5, 0.6) is 5.75 Å². The zero-order chi connectivity index (χ0) is 14.0. The lowest BCUT2D eigenvalue weighted by molar-refractivity contribution is -0.137. The Bertz CT molecular complexity index is 487. The van der Waals surface area contributed by atoms with Crippen LogP contribution in [0.1, 0.15) is 37.7 Å². The average Bonchev–Trinajstić information content (AvgIpc) is 3.20. The van der Waals surface area contributed by atoms with E-state index in [9.17, 15) is 4.79 Å². The lowest BCUT2D eigenvalue weighted by atomic mass is 9.91. The molecular weight excluding hydrogens is 256 g/mol. The van der Waals surface area contributed by atoms with Crippen LogP contribution in [0, 0.1) is 0 Å². The van der Waals surface area contributed by atoms with Gasteiger partial charge in [-0.05, 0) is 31.7 Å². The van der Waals surface area contributed by atoms with Crippen molar-refractivity contribution < 1.29 is 19.4 Å². The predicted molar refractivity (Wildman–Crippen MR) is 74.1 cm³/mol. The van der Waals surface area contributed by atoms with Gasteiger partial charge in [0.15, 0.2) is 0 Å². The highest BCUT2D eigenvalue weighted by molar-refractivity contribution is 5.70. The number of hydrogen-bond acceptors (Lipinski definition) is 3. The molecule has 1 atom stereocenters. The molecule has 3 rings (SSSR count). The largest absolute Gasteiger partial charge is 0.488 e. The quantitative estimate of drug-likeness (QED) is 0.898. The van der Waals surface area contributed by atoms with Crippen molar-refractivity contribution in [3.8, 4) is 5.75 Å². The van der Waals surface area contributed by atoms with Crippen LogP contribution in [-0.4, -0.2) is 30.4 Å². The molecule has 4 nitrogen and oxygen atoms in total. The molecule has 1 unspecified atom stereocenters. The Kier molecular flexibility index (Phi) is 3.66. The lowest BCUT2D eigenvalue weighted by Crippen LogP contribution is -2.29. The fraction of sp³-hybridized carbons (Fsp3) is 0.562. The first kappa shape index (κ1) is 13.4. The summed E-state index contributed by atoms with van der Waals surface area (Å²) in [4.78, 5) is 11.1. The van der Waals surface area contributed by atoms with E-state index in [0.717, 1.165) is 43.6 Å². The number of ether oxygens (including phenoxy) is 2. The molecule has 4 heteroatoms. The Hall–Kier alpha value is -1.55. The maximum Gasteiger partial charge on any atom is 0.304 e. The van der Waals surface area contributed by atoms with Crippen LogP contribution >= 0.6 is 0 Å². The second-order valence-corrected chi connectivity index (χ2v) is 5.80. The minimum absolute atomic E-state index is 0.0885. The molecule has 0 spiro atoms. The lowest BCUT2D eigenvalue weighted by Gasteiger charge is -2.26. The molecule has 0 bridgehead atoms. The van der Waals surface area contributed by atoms with Gasteiger partial charge in [-0.3, -0.25) is 4.79 Å². The van der Waals surface area contributed by atoms with Crippen LogP contribution in [-0.2, 0) is 14.9 Å². The van der Waals surface area contributed by atoms with E-state index in [4.69, 9.17) is 14.6 Å². The second kappa shape index (κ2) is 5.44. The first-order chi connectivity index (χ1) is 9.70. The number of hydrogen-bond donors (Lipinski definition) is 1. The van der Waals surface area contributed by atoms with E-state index in [2.05, 4.69) is 0 Å². The molecule has 2 fully saturated rings. The summed E-state index contributed by atoms with van der Waals surface area (Å²) < 4.78 is 11.5. The van der Waals surface area contributed by atoms with Crippen LogP contribution < -0.4 is 4.74 Å². The fourth-order valence-electron chi connectivity index (χ4n) is 2.97. The summed E-state index contributed by atoms with van der Waals surface area (Å²) in [5.74, 6) is 0.0973. The van der Waals surface area contributed by atoms with Gasteiger partial charge in [0.1, 0.15) is 11.9 Å². The van der Waals surface area contributed by atoms with Gasteiger partial charge in [-0.15, -0.1) is 0 Å². The molecule has 0 aromatic heterocycles. The molecule has 1 heterocycles. The Labute approximate surface area is 118 Å². The molecule has 20 heavy (non-hydrogen) atoms. The van der Waals surface area contributed by atoms with Crippen LogP contribution in [0.15, 0.2) is 24.3 Å². The average molecular weight is 276 g/mol. The van der Waals surface area contributed by atoms with E-state index in [1.165, 1.54) is 0 Å². The fourth-order valence-corrected chi connectivity index (χ4v) is 2.97. The predicted octanol–water partition coefficient (Wildman–Crippen LogP) is 2.75. The van der Waals surface area contributed by atoms with Gasteiger partial charge in [-0.1, -0.05) is 18.2 Å². The first-order valence-electron chi connectivity index (χ1n) is 7.25. The van der Waals surface area contributed by atoms with Crippen LogP contribution in [0.2, 0.25) is 0 Å². The van der Waals surface area contributed by atoms with Crippen molar-refractivity contribution in [2.75, 3.05) is 13.2 Å². The summed E-state index contributed by atoms with van der Waals surface area (Å²) >= 11 is 0. The third-order valence-electron chi connectivity index (χ3n) is 4.21. The summed E-state index contributed by atoms with van der Waals surface area (Å²) in [6, 6.07) is 7.86. The Morgan fingerprint density at radius 2 is 2.20 bits per heavy atom. The van der Waals surface area contributed by atoms with Crippen molar-refractivity contribution in [3.63, 3.8) is 0 Å². The molecular formula is C16H20O4. The maximum atomic E-state index is 11.1. The van der Waals surface area contributed by atoms with Crippen molar-refractivity contribution >= 4 is 5.97 Å². The summed E-state index contributed by atoms with van der Waals surface area (Å²) in [5.41, 5.74) is 0.839. The molecule has 0 radical (unpaired) electrons. The molecule has 2 aliphatic rings. The summed E-state index contributed by atoms with van der Waals surface area (Å²) in [6.45, 7) is 1.44. The number of carboxylic acids is 1. The van der Waals surface area contributed by atoms with Gasteiger partial charge in [0.2, 0.25) is 0 Å². The second-order valence-electron chi connectivity index (χ2n) is 5.80. The summed E-state index contributed by atoms with van der Waals surface area (Å²) in [6.07, 6.45) is 4.16. The number of carbonyl (C=O) groups is 1. The zero-order valence-electron chi connectivity index (χ0n) is 11.5.